The van der Waals surface area contributed by atoms with Crippen LogP contribution >= 0.6 is 0 Å². The number of nitrogens with zero attached hydrogens (tertiary/aromatic N) is 2. The number of hydrogen-bond donors (Lipinski definition) is 1. The van der Waals surface area contributed by atoms with Gasteiger partial charge >= 0.3 is 0 Å². The Morgan fingerprint density at radius 1 is 1.06 bits per heavy atom. The second-order valence-electron chi connectivity index (χ2n) is 7.51. The molecule has 0 aromatic heterocycles. The SMILES string of the molecule is CNS(=O)(=O)c1cc(C(=O)CCCN2CCN(c3ccccc3)CC2)ccc1S(C)=O. The van der Waals surface area contributed by atoms with Crippen LogP contribution in [0.1, 0.15) is 23.2 Å². The molecule has 1 N–H and O–H groups in total. The van der Waals surface area contributed by atoms with E-state index in [1.807, 2.05) is 18.2 Å². The number of carbonyl (C=O) groups excluding carboxylic acids is 1. The maximum atomic E-state index is 12.7. The summed E-state index contributed by atoms with van der Waals surface area (Å²) in [6, 6.07) is 14.7. The molecule has 3 rings (SSSR count). The van der Waals surface area contributed by atoms with Crippen molar-refractivity contribution in [2.75, 3.05) is 50.9 Å². The molecule has 31 heavy (non-hydrogen) atoms. The summed E-state index contributed by atoms with van der Waals surface area (Å²) in [6.07, 6.45) is 2.47. The first-order valence-electron chi connectivity index (χ1n) is 10.3. The highest BCUT2D eigenvalue weighted by atomic mass is 32.2. The molecule has 1 heterocycles. The van der Waals surface area contributed by atoms with Crippen LogP contribution in [0.15, 0.2) is 58.3 Å². The summed E-state index contributed by atoms with van der Waals surface area (Å²) in [5.41, 5.74) is 1.57. The normalized spacial score (nSPS) is 16.3. The smallest absolute Gasteiger partial charge is 0.241 e. The molecule has 0 aliphatic carbocycles. The highest BCUT2D eigenvalue weighted by Crippen LogP contribution is 2.22. The standard InChI is InChI=1S/C22H29N3O4S2/c1-23-31(28,29)22-17-18(10-11-21(22)30(2)27)20(26)9-6-12-24-13-15-25(16-14-24)19-7-4-3-5-8-19/h3-5,7-8,10-11,17,23H,6,9,12-16H2,1-2H3. The molecule has 0 amide bonds. The van der Waals surface area contributed by atoms with Crippen LogP contribution in [0.25, 0.3) is 0 Å². The minimum absolute atomic E-state index is 0.0984. The van der Waals surface area contributed by atoms with Crippen molar-refractivity contribution in [2.24, 2.45) is 0 Å². The van der Waals surface area contributed by atoms with Gasteiger partial charge in [-0.15, -0.1) is 0 Å². The molecule has 0 radical (unpaired) electrons. The van der Waals surface area contributed by atoms with Crippen molar-refractivity contribution in [2.45, 2.75) is 22.6 Å². The highest BCUT2D eigenvalue weighted by molar-refractivity contribution is 7.91. The Morgan fingerprint density at radius 2 is 1.74 bits per heavy atom. The lowest BCUT2D eigenvalue weighted by molar-refractivity contribution is 0.0974. The van der Waals surface area contributed by atoms with Crippen LogP contribution in [-0.2, 0) is 20.8 Å². The van der Waals surface area contributed by atoms with E-state index < -0.39 is 20.8 Å². The van der Waals surface area contributed by atoms with Gasteiger partial charge in [-0.05, 0) is 44.3 Å². The second-order valence-corrected chi connectivity index (χ2v) is 10.7. The maximum absolute atomic E-state index is 12.7. The van der Waals surface area contributed by atoms with Gasteiger partial charge in [-0.1, -0.05) is 24.3 Å². The summed E-state index contributed by atoms with van der Waals surface area (Å²) < 4.78 is 38.7. The minimum atomic E-state index is -3.80. The molecule has 168 valence electrons. The van der Waals surface area contributed by atoms with Gasteiger partial charge in [0.05, 0.1) is 20.6 Å². The van der Waals surface area contributed by atoms with Crippen molar-refractivity contribution < 1.29 is 17.4 Å². The van der Waals surface area contributed by atoms with Crippen LogP contribution < -0.4 is 9.62 Å². The van der Waals surface area contributed by atoms with E-state index in [9.17, 15) is 17.4 Å². The quantitative estimate of drug-likeness (QED) is 0.574. The zero-order valence-electron chi connectivity index (χ0n) is 17.9. The lowest BCUT2D eigenvalue weighted by atomic mass is 10.1. The largest absolute Gasteiger partial charge is 0.369 e. The number of piperazine rings is 1. The number of nitrogens with one attached hydrogen (secondary N) is 1. The first kappa shape index (κ1) is 23.6. The van der Waals surface area contributed by atoms with Gasteiger partial charge < -0.3 is 4.90 Å². The molecule has 1 atom stereocenters. The molecule has 1 aliphatic rings. The number of anilines is 1. The lowest BCUT2D eigenvalue weighted by Gasteiger charge is -2.36. The Morgan fingerprint density at radius 3 is 2.35 bits per heavy atom. The van der Waals surface area contributed by atoms with Crippen LogP contribution in [0.4, 0.5) is 5.69 Å². The van der Waals surface area contributed by atoms with Gasteiger partial charge in [0, 0.05) is 50.1 Å². The third-order valence-electron chi connectivity index (χ3n) is 5.51. The number of para-hydroxylation sites is 1. The summed E-state index contributed by atoms with van der Waals surface area (Å²) in [6.45, 7) is 4.64. The van der Waals surface area contributed by atoms with Crippen molar-refractivity contribution >= 4 is 32.3 Å². The molecule has 1 aliphatic heterocycles. The van der Waals surface area contributed by atoms with E-state index in [4.69, 9.17) is 0 Å². The predicted octanol–water partition coefficient (Wildman–Crippen LogP) is 2.12. The average Bonchev–Trinajstić information content (AvgIpc) is 2.79. The number of carbonyl (C=O) groups is 1. The number of rotatable bonds is 9. The Labute approximate surface area is 186 Å². The van der Waals surface area contributed by atoms with Crippen molar-refractivity contribution in [3.8, 4) is 0 Å². The third-order valence-corrected chi connectivity index (χ3v) is 8.06. The van der Waals surface area contributed by atoms with Gasteiger partial charge in [-0.25, -0.2) is 13.1 Å². The fourth-order valence-electron chi connectivity index (χ4n) is 3.72. The number of ketones is 1. The zero-order valence-corrected chi connectivity index (χ0v) is 19.5. The molecular formula is C22H29N3O4S2. The lowest BCUT2D eigenvalue weighted by Crippen LogP contribution is -2.46. The molecule has 9 heteroatoms. The van der Waals surface area contributed by atoms with Gasteiger partial charge in [0.15, 0.2) is 5.78 Å². The molecule has 1 saturated heterocycles. The fourth-order valence-corrected chi connectivity index (χ4v) is 5.83. The molecule has 2 aromatic carbocycles. The Balaban J connectivity index is 1.54. The number of benzene rings is 2. The van der Waals surface area contributed by atoms with Crippen LogP contribution in [0.3, 0.4) is 0 Å². The molecule has 7 nitrogen and oxygen atoms in total. The molecular weight excluding hydrogens is 434 g/mol. The minimum Gasteiger partial charge on any atom is -0.369 e. The number of sulfonamides is 1. The topological polar surface area (TPSA) is 86.8 Å². The summed E-state index contributed by atoms with van der Waals surface area (Å²) in [5.74, 6) is -0.107. The summed E-state index contributed by atoms with van der Waals surface area (Å²) in [4.78, 5) is 17.5. The molecule has 0 spiro atoms. The van der Waals surface area contributed by atoms with Crippen LogP contribution in [0.2, 0.25) is 0 Å². The van der Waals surface area contributed by atoms with E-state index in [1.54, 1.807) is 6.07 Å². The maximum Gasteiger partial charge on any atom is 0.241 e. The number of hydrogen-bond acceptors (Lipinski definition) is 6. The van der Waals surface area contributed by atoms with Gasteiger partial charge in [0.1, 0.15) is 0 Å². The van der Waals surface area contributed by atoms with E-state index in [1.165, 1.54) is 31.1 Å². The molecule has 0 saturated carbocycles. The summed E-state index contributed by atoms with van der Waals surface area (Å²) in [7, 11) is -3.99. The monoisotopic (exact) mass is 463 g/mol. The first-order valence-corrected chi connectivity index (χ1v) is 13.3. The van der Waals surface area contributed by atoms with Crippen LogP contribution in [-0.4, -0.2) is 69.3 Å². The first-order chi connectivity index (χ1) is 14.8. The molecule has 2 aromatic rings. The van der Waals surface area contributed by atoms with Crippen molar-refractivity contribution in [3.63, 3.8) is 0 Å². The highest BCUT2D eigenvalue weighted by Gasteiger charge is 2.22. The van der Waals surface area contributed by atoms with Crippen LogP contribution in [0.5, 0.6) is 0 Å². The fraction of sp³-hybridized carbons (Fsp3) is 0.409. The number of Topliss-reactive ketones (excluding diaryl/α,β-unsaturated/α-hetero) is 1. The molecule has 1 unspecified atom stereocenters. The van der Waals surface area contributed by atoms with Gasteiger partial charge in [-0.3, -0.25) is 13.9 Å². The summed E-state index contributed by atoms with van der Waals surface area (Å²) >= 11 is 0. The van der Waals surface area contributed by atoms with E-state index in [0.29, 0.717) is 18.4 Å². The van der Waals surface area contributed by atoms with Crippen molar-refractivity contribution in [1.82, 2.24) is 9.62 Å². The van der Waals surface area contributed by atoms with Gasteiger partial charge in [0.2, 0.25) is 10.0 Å². The average molecular weight is 464 g/mol. The van der Waals surface area contributed by atoms with Crippen molar-refractivity contribution in [1.29, 1.82) is 0 Å². The second kappa shape index (κ2) is 10.5. The summed E-state index contributed by atoms with van der Waals surface area (Å²) in [5, 5.41) is 0. The van der Waals surface area contributed by atoms with E-state index >= 15 is 0 Å². The van der Waals surface area contributed by atoms with Gasteiger partial charge in [-0.2, -0.15) is 0 Å². The van der Waals surface area contributed by atoms with Crippen molar-refractivity contribution in [3.05, 3.63) is 54.1 Å². The predicted molar refractivity (Wildman–Crippen MR) is 124 cm³/mol. The van der Waals surface area contributed by atoms with E-state index in [-0.39, 0.29) is 15.6 Å². The van der Waals surface area contributed by atoms with Crippen LogP contribution in [0, 0.1) is 0 Å². The zero-order chi connectivity index (χ0) is 22.4. The van der Waals surface area contributed by atoms with Gasteiger partial charge in [0.25, 0.3) is 0 Å². The molecule has 0 bridgehead atoms. The van der Waals surface area contributed by atoms with E-state index in [0.717, 1.165) is 32.7 Å². The van der Waals surface area contributed by atoms with E-state index in [2.05, 4.69) is 26.7 Å². The Bertz CT molecular complexity index is 1030. The molecule has 1 fully saturated rings. The Kier molecular flexibility index (Phi) is 7.99. The Hall–Kier alpha value is -2.07. The third kappa shape index (κ3) is 6.00.